The van der Waals surface area contributed by atoms with Gasteiger partial charge in [0.2, 0.25) is 0 Å². The van der Waals surface area contributed by atoms with Gasteiger partial charge in [-0.1, -0.05) is 54.6 Å². The number of nitrogens with zero attached hydrogens (tertiary/aromatic N) is 2. The second-order valence-electron chi connectivity index (χ2n) is 6.29. The predicted octanol–water partition coefficient (Wildman–Crippen LogP) is 3.15. The molecule has 0 atom stereocenters. The minimum Gasteiger partial charge on any atom is -0.354 e. The summed E-state index contributed by atoms with van der Waals surface area (Å²) in [6.45, 7) is -0.0869. The van der Waals surface area contributed by atoms with Crippen LogP contribution in [0, 0.1) is 0 Å². The first-order valence-corrected chi connectivity index (χ1v) is 8.86. The maximum atomic E-state index is 12.1. The van der Waals surface area contributed by atoms with E-state index in [0.29, 0.717) is 0 Å². The van der Waals surface area contributed by atoms with Crippen LogP contribution in [0.4, 0.5) is 0 Å². The number of amides is 1. The van der Waals surface area contributed by atoms with Crippen molar-refractivity contribution in [1.82, 2.24) is 15.0 Å². The summed E-state index contributed by atoms with van der Waals surface area (Å²) in [5, 5.41) is 5.13. The second-order valence-corrected chi connectivity index (χ2v) is 6.29. The Hall–Kier alpha value is -3.93. The summed E-state index contributed by atoms with van der Waals surface area (Å²) in [5.41, 5.74) is 6.10. The number of rotatable bonds is 5. The van der Waals surface area contributed by atoms with Gasteiger partial charge in [0.05, 0.1) is 11.9 Å². The van der Waals surface area contributed by atoms with E-state index in [9.17, 15) is 9.59 Å². The lowest BCUT2D eigenvalue weighted by atomic mass is 10.1. The van der Waals surface area contributed by atoms with E-state index in [-0.39, 0.29) is 18.0 Å². The molecule has 0 fully saturated rings. The molecule has 28 heavy (non-hydrogen) atoms. The summed E-state index contributed by atoms with van der Waals surface area (Å²) < 4.78 is 1.33. The molecule has 0 spiro atoms. The Bertz CT molecular complexity index is 1210. The van der Waals surface area contributed by atoms with Gasteiger partial charge in [-0.25, -0.2) is 5.43 Å². The minimum absolute atomic E-state index is 0.0869. The molecule has 0 unspecified atom stereocenters. The monoisotopic (exact) mass is 370 g/mol. The molecule has 4 aromatic rings. The molecule has 2 aromatic carbocycles. The number of pyridine rings is 1. The molecule has 0 aliphatic carbocycles. The minimum atomic E-state index is -0.370. The number of H-pyrrole nitrogens is 1. The fourth-order valence-corrected chi connectivity index (χ4v) is 3.08. The highest BCUT2D eigenvalue weighted by atomic mass is 16.2. The molecular formula is C22H18N4O2. The number of para-hydroxylation sites is 1. The summed E-state index contributed by atoms with van der Waals surface area (Å²) in [6.07, 6.45) is 3.20. The lowest BCUT2D eigenvalue weighted by Crippen LogP contribution is -2.28. The number of fused-ring (bicyclic) bond motifs is 1. The van der Waals surface area contributed by atoms with Gasteiger partial charge in [0.25, 0.3) is 11.5 Å². The maximum absolute atomic E-state index is 12.1. The lowest BCUT2D eigenvalue weighted by molar-refractivity contribution is -0.121. The van der Waals surface area contributed by atoms with E-state index in [1.54, 1.807) is 24.5 Å². The van der Waals surface area contributed by atoms with Crippen LogP contribution in [0.3, 0.4) is 0 Å². The van der Waals surface area contributed by atoms with Crippen LogP contribution in [0.2, 0.25) is 0 Å². The molecule has 2 N–H and O–H groups in total. The maximum Gasteiger partial charge on any atom is 0.260 e. The van der Waals surface area contributed by atoms with Crippen molar-refractivity contribution < 1.29 is 4.79 Å². The summed E-state index contributed by atoms with van der Waals surface area (Å²) in [4.78, 5) is 27.2. The van der Waals surface area contributed by atoms with Crippen LogP contribution in [0.1, 0.15) is 5.56 Å². The van der Waals surface area contributed by atoms with Crippen LogP contribution < -0.4 is 11.0 Å². The number of benzene rings is 2. The number of aromatic amines is 1. The van der Waals surface area contributed by atoms with Gasteiger partial charge in [-0.05, 0) is 17.7 Å². The molecule has 6 heteroatoms. The van der Waals surface area contributed by atoms with Crippen molar-refractivity contribution in [3.05, 3.63) is 94.9 Å². The van der Waals surface area contributed by atoms with E-state index in [1.807, 2.05) is 54.6 Å². The van der Waals surface area contributed by atoms with Crippen LogP contribution in [0.25, 0.3) is 22.2 Å². The van der Waals surface area contributed by atoms with Crippen molar-refractivity contribution in [3.63, 3.8) is 0 Å². The van der Waals surface area contributed by atoms with Gasteiger partial charge in [-0.3, -0.25) is 9.59 Å². The Balaban J connectivity index is 1.59. The van der Waals surface area contributed by atoms with Crippen LogP contribution in [0.5, 0.6) is 0 Å². The second kappa shape index (κ2) is 7.75. The van der Waals surface area contributed by atoms with Crippen LogP contribution in [-0.2, 0) is 11.3 Å². The van der Waals surface area contributed by atoms with Crippen LogP contribution >= 0.6 is 0 Å². The van der Waals surface area contributed by atoms with Crippen molar-refractivity contribution in [2.45, 2.75) is 6.54 Å². The molecule has 0 saturated carbocycles. The van der Waals surface area contributed by atoms with Crippen molar-refractivity contribution in [1.29, 1.82) is 0 Å². The molecule has 2 heterocycles. The number of aromatic nitrogens is 2. The quantitative estimate of drug-likeness (QED) is 0.418. The molecule has 6 nitrogen and oxygen atoms in total. The highest BCUT2D eigenvalue weighted by molar-refractivity contribution is 6.06. The van der Waals surface area contributed by atoms with Gasteiger partial charge in [0.1, 0.15) is 6.54 Å². The number of carbonyl (C=O) groups excluding carboxylic acids is 1. The smallest absolute Gasteiger partial charge is 0.260 e. The average Bonchev–Trinajstić information content (AvgIpc) is 3.09. The first-order chi connectivity index (χ1) is 13.7. The SMILES string of the molecule is O=C(Cn1ccccc1=O)N/N=C/c1c(-c2ccccc2)[nH]c2ccccc12. The number of hydrazone groups is 1. The van der Waals surface area contributed by atoms with Crippen molar-refractivity contribution in [2.75, 3.05) is 0 Å². The Morgan fingerprint density at radius 3 is 2.57 bits per heavy atom. The third-order valence-corrected chi connectivity index (χ3v) is 4.40. The highest BCUT2D eigenvalue weighted by Gasteiger charge is 2.11. The molecule has 1 amide bonds. The lowest BCUT2D eigenvalue weighted by Gasteiger charge is -2.03. The largest absolute Gasteiger partial charge is 0.354 e. The number of hydrogen-bond acceptors (Lipinski definition) is 3. The Labute approximate surface area is 161 Å². The zero-order valence-electron chi connectivity index (χ0n) is 15.0. The molecule has 0 aliphatic rings. The zero-order chi connectivity index (χ0) is 19.3. The summed E-state index contributed by atoms with van der Waals surface area (Å²) in [5.74, 6) is -0.370. The van der Waals surface area contributed by atoms with Gasteiger partial charge < -0.3 is 9.55 Å². The van der Waals surface area contributed by atoms with Gasteiger partial charge in [0, 0.05) is 28.7 Å². The van der Waals surface area contributed by atoms with Gasteiger partial charge in [0.15, 0.2) is 0 Å². The first-order valence-electron chi connectivity index (χ1n) is 8.86. The van der Waals surface area contributed by atoms with Crippen molar-refractivity contribution in [3.8, 4) is 11.3 Å². The van der Waals surface area contributed by atoms with Gasteiger partial charge in [-0.15, -0.1) is 0 Å². The Kier molecular flexibility index (Phi) is 4.84. The van der Waals surface area contributed by atoms with E-state index in [2.05, 4.69) is 15.5 Å². The normalized spacial score (nSPS) is 11.1. The average molecular weight is 370 g/mol. The molecule has 0 bridgehead atoms. The standard InChI is InChI=1S/C22H18N4O2/c27-20(15-26-13-7-6-12-21(26)28)25-23-14-18-17-10-4-5-11-19(17)24-22(18)16-8-2-1-3-9-16/h1-14,24H,15H2,(H,25,27)/b23-14+. The number of nitrogens with one attached hydrogen (secondary N) is 2. The first kappa shape index (κ1) is 17.5. The van der Waals surface area contributed by atoms with Gasteiger partial charge in [-0.2, -0.15) is 5.10 Å². The van der Waals surface area contributed by atoms with E-state index in [4.69, 9.17) is 0 Å². The van der Waals surface area contributed by atoms with Crippen LogP contribution in [0.15, 0.2) is 88.9 Å². The Morgan fingerprint density at radius 2 is 1.75 bits per heavy atom. The third kappa shape index (κ3) is 3.61. The fourth-order valence-electron chi connectivity index (χ4n) is 3.08. The zero-order valence-corrected chi connectivity index (χ0v) is 15.0. The van der Waals surface area contributed by atoms with Gasteiger partial charge >= 0.3 is 0 Å². The Morgan fingerprint density at radius 1 is 1.00 bits per heavy atom. The summed E-state index contributed by atoms with van der Waals surface area (Å²) in [7, 11) is 0. The fraction of sp³-hybridized carbons (Fsp3) is 0.0455. The van der Waals surface area contributed by atoms with Crippen molar-refractivity contribution in [2.24, 2.45) is 5.10 Å². The van der Waals surface area contributed by atoms with Crippen molar-refractivity contribution >= 4 is 23.0 Å². The number of carbonyl (C=O) groups is 1. The van der Waals surface area contributed by atoms with Crippen LogP contribution in [-0.4, -0.2) is 21.7 Å². The molecule has 2 aromatic heterocycles. The number of hydrogen-bond donors (Lipinski definition) is 2. The molecule has 0 saturated heterocycles. The van der Waals surface area contributed by atoms with E-state index >= 15 is 0 Å². The topological polar surface area (TPSA) is 79.2 Å². The van der Waals surface area contributed by atoms with E-state index < -0.39 is 0 Å². The van der Waals surface area contributed by atoms with E-state index in [1.165, 1.54) is 10.6 Å². The summed E-state index contributed by atoms with van der Waals surface area (Å²) >= 11 is 0. The summed E-state index contributed by atoms with van der Waals surface area (Å²) in [6, 6.07) is 22.6. The molecule has 0 radical (unpaired) electrons. The molecular weight excluding hydrogens is 352 g/mol. The predicted molar refractivity (Wildman–Crippen MR) is 110 cm³/mol. The highest BCUT2D eigenvalue weighted by Crippen LogP contribution is 2.28. The molecule has 4 rings (SSSR count). The van der Waals surface area contributed by atoms with E-state index in [0.717, 1.165) is 27.7 Å². The third-order valence-electron chi connectivity index (χ3n) is 4.40. The molecule has 138 valence electrons. The molecule has 0 aliphatic heterocycles.